The molecule has 3 aliphatic rings. The zero-order valence-electron chi connectivity index (χ0n) is 15.5. The van der Waals surface area contributed by atoms with E-state index in [2.05, 4.69) is 0 Å². The van der Waals surface area contributed by atoms with Crippen LogP contribution in [0, 0.1) is 17.7 Å². The highest BCUT2D eigenvalue weighted by Gasteiger charge is 2.37. The molecule has 0 amide bonds. The molecule has 142 valence electrons. The molecule has 2 fully saturated rings. The van der Waals surface area contributed by atoms with Crippen molar-refractivity contribution in [2.45, 2.75) is 82.6 Å². The van der Waals surface area contributed by atoms with Crippen molar-refractivity contribution in [3.63, 3.8) is 0 Å². The summed E-state index contributed by atoms with van der Waals surface area (Å²) in [6, 6.07) is 3.41. The van der Waals surface area contributed by atoms with Gasteiger partial charge >= 0.3 is 5.97 Å². The van der Waals surface area contributed by atoms with Crippen LogP contribution in [0.4, 0.5) is 4.39 Å². The van der Waals surface area contributed by atoms with Gasteiger partial charge in [-0.1, -0.05) is 38.5 Å². The van der Waals surface area contributed by atoms with Crippen molar-refractivity contribution in [1.82, 2.24) is 0 Å². The van der Waals surface area contributed by atoms with Gasteiger partial charge in [-0.2, -0.15) is 0 Å². The highest BCUT2D eigenvalue weighted by Crippen LogP contribution is 2.43. The number of esters is 1. The molecule has 2 N–H and O–H groups in total. The molecule has 4 rings (SSSR count). The maximum absolute atomic E-state index is 14.9. The van der Waals surface area contributed by atoms with Crippen LogP contribution in [0.1, 0.15) is 81.3 Å². The Kier molecular flexibility index (Phi) is 5.30. The molecule has 0 saturated heterocycles. The first-order chi connectivity index (χ1) is 12.6. The van der Waals surface area contributed by atoms with Crippen LogP contribution in [-0.2, 0) is 11.2 Å². The number of fused-ring (bicyclic) bond motifs is 4. The molecule has 1 aromatic carbocycles. The Labute approximate surface area is 155 Å². The van der Waals surface area contributed by atoms with Crippen molar-refractivity contribution in [1.29, 1.82) is 0 Å². The maximum Gasteiger partial charge on any atom is 0.314 e. The highest BCUT2D eigenvalue weighted by atomic mass is 19.1. The minimum atomic E-state index is -0.226. The Balaban J connectivity index is 1.59. The standard InChI is InChI=1S/C22H30FNO2/c23-20-13-16(26-22(25)14-7-3-1-4-8-14)12-18-17-10-6-2-5-9-15(21(17)24)11-19(18)20/h12-15,17,21H,1-11,24H2. The van der Waals surface area contributed by atoms with Gasteiger partial charge in [0.25, 0.3) is 0 Å². The monoisotopic (exact) mass is 359 g/mol. The number of carbonyl (C=O) groups excluding carboxylic acids is 1. The summed E-state index contributed by atoms with van der Waals surface area (Å²) in [7, 11) is 0. The third kappa shape index (κ3) is 3.53. The second kappa shape index (κ2) is 7.67. The lowest BCUT2D eigenvalue weighted by atomic mass is 9.68. The van der Waals surface area contributed by atoms with Crippen LogP contribution in [0.15, 0.2) is 12.1 Å². The highest BCUT2D eigenvalue weighted by molar-refractivity contribution is 5.75. The van der Waals surface area contributed by atoms with Gasteiger partial charge in [0, 0.05) is 12.1 Å². The summed E-state index contributed by atoms with van der Waals surface area (Å²) in [5, 5.41) is 0. The smallest absolute Gasteiger partial charge is 0.314 e. The van der Waals surface area contributed by atoms with E-state index in [0.717, 1.165) is 62.5 Å². The lowest BCUT2D eigenvalue weighted by molar-refractivity contribution is -0.140. The third-order valence-electron chi connectivity index (χ3n) is 6.83. The van der Waals surface area contributed by atoms with Crippen LogP contribution >= 0.6 is 0 Å². The minimum Gasteiger partial charge on any atom is -0.426 e. The Hall–Kier alpha value is -1.42. The summed E-state index contributed by atoms with van der Waals surface area (Å²) in [5.41, 5.74) is 8.35. The first-order valence-electron chi connectivity index (χ1n) is 10.4. The summed E-state index contributed by atoms with van der Waals surface area (Å²) in [6.07, 6.45) is 11.5. The molecule has 3 aliphatic carbocycles. The SMILES string of the molecule is NC1C2CCCCCC1c1cc(OC(=O)C3CCCCC3)cc(F)c1C2. The molecule has 0 radical (unpaired) electrons. The second-order valence-electron chi connectivity index (χ2n) is 8.51. The number of hydrogen-bond acceptors (Lipinski definition) is 3. The summed E-state index contributed by atoms with van der Waals surface area (Å²) < 4.78 is 20.5. The lowest BCUT2D eigenvalue weighted by Gasteiger charge is -2.39. The van der Waals surface area contributed by atoms with Crippen LogP contribution in [0.5, 0.6) is 5.75 Å². The fourth-order valence-electron chi connectivity index (χ4n) is 5.30. The molecule has 3 atom stereocenters. The number of ether oxygens (including phenoxy) is 1. The molecule has 2 saturated carbocycles. The van der Waals surface area contributed by atoms with E-state index in [1.54, 1.807) is 0 Å². The molecule has 3 nitrogen and oxygen atoms in total. The van der Waals surface area contributed by atoms with E-state index in [0.29, 0.717) is 11.7 Å². The van der Waals surface area contributed by atoms with Crippen LogP contribution in [0.25, 0.3) is 0 Å². The van der Waals surface area contributed by atoms with Gasteiger partial charge in [0.05, 0.1) is 5.92 Å². The lowest BCUT2D eigenvalue weighted by Crippen LogP contribution is -2.42. The summed E-state index contributed by atoms with van der Waals surface area (Å²) in [5.74, 6) is 0.473. The van der Waals surface area contributed by atoms with Gasteiger partial charge in [-0.25, -0.2) is 4.39 Å². The van der Waals surface area contributed by atoms with Gasteiger partial charge < -0.3 is 10.5 Å². The van der Waals surface area contributed by atoms with E-state index in [4.69, 9.17) is 10.5 Å². The van der Waals surface area contributed by atoms with Gasteiger partial charge in [-0.3, -0.25) is 4.79 Å². The van der Waals surface area contributed by atoms with Crippen LogP contribution < -0.4 is 10.5 Å². The predicted octanol–water partition coefficient (Wildman–Crippen LogP) is 4.86. The van der Waals surface area contributed by atoms with E-state index in [1.165, 1.54) is 25.3 Å². The summed E-state index contributed by atoms with van der Waals surface area (Å²) in [6.45, 7) is 0. The Morgan fingerprint density at radius 2 is 1.69 bits per heavy atom. The average molecular weight is 359 g/mol. The van der Waals surface area contributed by atoms with Crippen LogP contribution in [-0.4, -0.2) is 12.0 Å². The minimum absolute atomic E-state index is 0.0316. The topological polar surface area (TPSA) is 52.3 Å². The van der Waals surface area contributed by atoms with Crippen molar-refractivity contribution < 1.29 is 13.9 Å². The van der Waals surface area contributed by atoms with Gasteiger partial charge in [-0.05, 0) is 61.1 Å². The van der Waals surface area contributed by atoms with E-state index in [-0.39, 0.29) is 29.7 Å². The molecule has 0 aromatic heterocycles. The first-order valence-corrected chi connectivity index (χ1v) is 10.4. The zero-order chi connectivity index (χ0) is 18.1. The molecular weight excluding hydrogens is 329 g/mol. The molecule has 0 spiro atoms. The quantitative estimate of drug-likeness (QED) is 0.606. The Bertz CT molecular complexity index is 668. The summed E-state index contributed by atoms with van der Waals surface area (Å²) >= 11 is 0. The maximum atomic E-state index is 14.9. The largest absolute Gasteiger partial charge is 0.426 e. The van der Waals surface area contributed by atoms with E-state index >= 15 is 0 Å². The van der Waals surface area contributed by atoms with Crippen LogP contribution in [0.3, 0.4) is 0 Å². The normalized spacial score (nSPS) is 29.4. The molecule has 1 aromatic rings. The van der Waals surface area contributed by atoms with Gasteiger partial charge in [0.15, 0.2) is 0 Å². The van der Waals surface area contributed by atoms with Crippen molar-refractivity contribution in [2.75, 3.05) is 0 Å². The van der Waals surface area contributed by atoms with E-state index in [1.807, 2.05) is 6.07 Å². The number of halogens is 1. The fraction of sp³-hybridized carbons (Fsp3) is 0.682. The van der Waals surface area contributed by atoms with E-state index < -0.39 is 0 Å². The van der Waals surface area contributed by atoms with Gasteiger partial charge in [0.1, 0.15) is 11.6 Å². The van der Waals surface area contributed by atoms with Crippen molar-refractivity contribution in [3.8, 4) is 5.75 Å². The van der Waals surface area contributed by atoms with Crippen molar-refractivity contribution in [3.05, 3.63) is 29.1 Å². The average Bonchev–Trinajstić information content (AvgIpc) is 2.64. The van der Waals surface area contributed by atoms with Crippen molar-refractivity contribution >= 4 is 5.97 Å². The summed E-state index contributed by atoms with van der Waals surface area (Å²) in [4.78, 5) is 12.5. The van der Waals surface area contributed by atoms with Gasteiger partial charge in [0.2, 0.25) is 0 Å². The van der Waals surface area contributed by atoms with Crippen LogP contribution in [0.2, 0.25) is 0 Å². The molecular formula is C22H30FNO2. The first kappa shape index (κ1) is 18.0. The molecule has 3 unspecified atom stereocenters. The molecule has 26 heavy (non-hydrogen) atoms. The molecule has 0 heterocycles. The Morgan fingerprint density at radius 1 is 1.00 bits per heavy atom. The third-order valence-corrected chi connectivity index (χ3v) is 6.83. The second-order valence-corrected chi connectivity index (χ2v) is 8.51. The molecule has 4 heteroatoms. The Morgan fingerprint density at radius 3 is 2.46 bits per heavy atom. The molecule has 0 aliphatic heterocycles. The number of hydrogen-bond donors (Lipinski definition) is 1. The number of benzene rings is 1. The van der Waals surface area contributed by atoms with Gasteiger partial charge in [-0.15, -0.1) is 0 Å². The fourth-order valence-corrected chi connectivity index (χ4v) is 5.30. The number of rotatable bonds is 2. The number of carbonyl (C=O) groups is 1. The zero-order valence-corrected chi connectivity index (χ0v) is 15.5. The van der Waals surface area contributed by atoms with Crippen molar-refractivity contribution in [2.24, 2.45) is 17.6 Å². The predicted molar refractivity (Wildman–Crippen MR) is 99.6 cm³/mol. The number of nitrogens with two attached hydrogens (primary N) is 1. The molecule has 2 bridgehead atoms. The van der Waals surface area contributed by atoms with E-state index in [9.17, 15) is 9.18 Å².